The second-order valence-corrected chi connectivity index (χ2v) is 9.94. The molecule has 1 N–H and O–H groups in total. The highest BCUT2D eigenvalue weighted by Crippen LogP contribution is 2.39. The number of fused-ring (bicyclic) bond motifs is 4. The zero-order valence-electron chi connectivity index (χ0n) is 18.5. The van der Waals surface area contributed by atoms with Gasteiger partial charge in [0.25, 0.3) is 10.1 Å². The molecule has 2 aliphatic rings. The van der Waals surface area contributed by atoms with E-state index in [0.29, 0.717) is 37.3 Å². The second kappa shape index (κ2) is 9.41. The summed E-state index contributed by atoms with van der Waals surface area (Å²) in [6, 6.07) is 7.08. The van der Waals surface area contributed by atoms with E-state index in [0.717, 1.165) is 0 Å². The molecule has 1 fully saturated rings. The molecule has 4 rings (SSSR count). The maximum atomic E-state index is 13.4. The van der Waals surface area contributed by atoms with E-state index in [1.54, 1.807) is 24.3 Å². The number of urea groups is 1. The van der Waals surface area contributed by atoms with Crippen molar-refractivity contribution in [2.24, 2.45) is 5.92 Å². The zero-order chi connectivity index (χ0) is 25.4. The summed E-state index contributed by atoms with van der Waals surface area (Å²) in [6.07, 6.45) is -3.14. The molecule has 0 aromatic carbocycles. The Morgan fingerprint density at radius 2 is 2.03 bits per heavy atom. The highest BCUT2D eigenvalue weighted by atomic mass is 32.2. The Kier molecular flexibility index (Phi) is 6.68. The van der Waals surface area contributed by atoms with Crippen LogP contribution in [0.1, 0.15) is 23.3 Å². The monoisotopic (exact) mass is 513 g/mol. The summed E-state index contributed by atoms with van der Waals surface area (Å²) in [5, 5.41) is 2.68. The molecule has 2 aliphatic heterocycles. The molecular weight excluding hydrogens is 491 g/mol. The fraction of sp³-hybridized carbons (Fsp3) is 0.429. The van der Waals surface area contributed by atoms with Crippen molar-refractivity contribution in [3.63, 3.8) is 0 Å². The first-order valence-electron chi connectivity index (χ1n) is 10.6. The van der Waals surface area contributed by atoms with Gasteiger partial charge in [-0.25, -0.2) is 14.8 Å². The summed E-state index contributed by atoms with van der Waals surface area (Å²) in [5.41, 5.74) is 0.315. The maximum Gasteiger partial charge on any atom is 0.394 e. The van der Waals surface area contributed by atoms with E-state index in [2.05, 4.69) is 19.5 Å². The van der Waals surface area contributed by atoms with E-state index in [9.17, 15) is 31.2 Å². The third kappa shape index (κ3) is 5.70. The standard InChI is InChI=1S/C21H22F3N5O5S/c1-35(32,33)34-12-13(21(22,23)24)10-17(30)15-5-6-16-19(26-15)29(14-7-9-28(16)11-14)20(31)27-18-4-2-3-8-25-18/h2-6,8,13-14H,7,9-12H2,1H3,(H,25,27,31)/t13-,14+/m1/s1. The number of nitrogens with one attached hydrogen (secondary N) is 1. The molecule has 2 atom stereocenters. The van der Waals surface area contributed by atoms with Crippen molar-refractivity contribution in [2.45, 2.75) is 25.1 Å². The SMILES string of the molecule is CS(=O)(=O)OC[C@@H](CC(=O)c1ccc2c(n1)N(C(=O)Nc1ccccn1)[C@H]1CCN2C1)C(F)(F)F. The Labute approximate surface area is 199 Å². The number of alkyl halides is 3. The van der Waals surface area contributed by atoms with Gasteiger partial charge in [-0.3, -0.25) is 19.2 Å². The summed E-state index contributed by atoms with van der Waals surface area (Å²) in [7, 11) is -4.13. The lowest BCUT2D eigenvalue weighted by Gasteiger charge is -2.35. The van der Waals surface area contributed by atoms with Gasteiger partial charge in [0.1, 0.15) is 11.5 Å². The lowest BCUT2D eigenvalue weighted by molar-refractivity contribution is -0.180. The van der Waals surface area contributed by atoms with Crippen LogP contribution in [0, 0.1) is 5.92 Å². The minimum absolute atomic E-state index is 0.161. The van der Waals surface area contributed by atoms with E-state index in [-0.39, 0.29) is 17.6 Å². The van der Waals surface area contributed by atoms with Gasteiger partial charge in [-0.1, -0.05) is 6.07 Å². The Morgan fingerprint density at radius 1 is 1.26 bits per heavy atom. The molecule has 1 saturated heterocycles. The summed E-state index contributed by atoms with van der Waals surface area (Å²) in [5.74, 6) is -2.82. The summed E-state index contributed by atoms with van der Waals surface area (Å²) < 4.78 is 66.8. The molecule has 14 heteroatoms. The molecule has 0 saturated carbocycles. The van der Waals surface area contributed by atoms with Crippen LogP contribution in [-0.2, 0) is 14.3 Å². The van der Waals surface area contributed by atoms with Crippen molar-refractivity contribution in [1.82, 2.24) is 9.97 Å². The molecule has 2 aromatic heterocycles. The number of pyridine rings is 2. The minimum atomic E-state index is -4.87. The van der Waals surface area contributed by atoms with Crippen LogP contribution in [-0.4, -0.2) is 68.4 Å². The van der Waals surface area contributed by atoms with Crippen LogP contribution in [0.25, 0.3) is 0 Å². The van der Waals surface area contributed by atoms with Gasteiger partial charge in [0, 0.05) is 25.7 Å². The first-order chi connectivity index (χ1) is 16.4. The van der Waals surface area contributed by atoms with E-state index in [4.69, 9.17) is 0 Å². The molecule has 0 spiro atoms. The van der Waals surface area contributed by atoms with Crippen LogP contribution in [0.15, 0.2) is 36.5 Å². The fourth-order valence-corrected chi connectivity index (χ4v) is 4.45. The van der Waals surface area contributed by atoms with E-state index in [1.165, 1.54) is 17.2 Å². The highest BCUT2D eigenvalue weighted by Gasteiger charge is 2.43. The molecule has 0 radical (unpaired) electrons. The van der Waals surface area contributed by atoms with E-state index < -0.39 is 47.1 Å². The van der Waals surface area contributed by atoms with E-state index >= 15 is 0 Å². The topological polar surface area (TPSA) is 122 Å². The highest BCUT2D eigenvalue weighted by molar-refractivity contribution is 7.85. The van der Waals surface area contributed by atoms with Crippen LogP contribution < -0.4 is 15.1 Å². The zero-order valence-corrected chi connectivity index (χ0v) is 19.3. The largest absolute Gasteiger partial charge is 0.394 e. The number of rotatable bonds is 7. The molecule has 10 nitrogen and oxygen atoms in total. The van der Waals surface area contributed by atoms with Gasteiger partial charge in [-0.05, 0) is 30.7 Å². The number of aromatic nitrogens is 2. The van der Waals surface area contributed by atoms with Crippen molar-refractivity contribution in [3.8, 4) is 0 Å². The smallest absolute Gasteiger partial charge is 0.366 e. The van der Waals surface area contributed by atoms with Gasteiger partial charge in [-0.15, -0.1) is 0 Å². The van der Waals surface area contributed by atoms with Crippen molar-refractivity contribution in [1.29, 1.82) is 0 Å². The fourth-order valence-electron chi connectivity index (χ4n) is 4.04. The number of ketones is 1. The summed E-state index contributed by atoms with van der Waals surface area (Å²) in [6.45, 7) is -0.0109. The van der Waals surface area contributed by atoms with Gasteiger partial charge in [0.15, 0.2) is 11.6 Å². The van der Waals surface area contributed by atoms with Crippen molar-refractivity contribution in [3.05, 3.63) is 42.2 Å². The van der Waals surface area contributed by atoms with Crippen molar-refractivity contribution < 1.29 is 35.4 Å². The predicted molar refractivity (Wildman–Crippen MR) is 120 cm³/mol. The molecular formula is C21H22F3N5O5S. The maximum absolute atomic E-state index is 13.4. The Morgan fingerprint density at radius 3 is 2.69 bits per heavy atom. The average Bonchev–Trinajstić information content (AvgIpc) is 3.19. The number of carbonyl (C=O) groups is 2. The molecule has 4 heterocycles. The number of Topliss-reactive ketones (excluding diaryl/α,β-unsaturated/α-hetero) is 1. The predicted octanol–water partition coefficient (Wildman–Crippen LogP) is 2.83. The molecule has 188 valence electrons. The lowest BCUT2D eigenvalue weighted by atomic mass is 10.0. The van der Waals surface area contributed by atoms with E-state index in [1.807, 2.05) is 4.90 Å². The Balaban J connectivity index is 1.59. The van der Waals surface area contributed by atoms with Crippen LogP contribution >= 0.6 is 0 Å². The molecule has 2 bridgehead atoms. The van der Waals surface area contributed by atoms with Crippen molar-refractivity contribution >= 4 is 39.3 Å². The third-order valence-corrected chi connectivity index (χ3v) is 6.30. The molecule has 0 unspecified atom stereocenters. The van der Waals surface area contributed by atoms with Gasteiger partial charge < -0.3 is 4.90 Å². The minimum Gasteiger partial charge on any atom is -0.366 e. The molecule has 2 amide bonds. The van der Waals surface area contributed by atoms with Crippen LogP contribution in [0.4, 0.5) is 35.3 Å². The number of hydrogen-bond acceptors (Lipinski definition) is 8. The lowest BCUT2D eigenvalue weighted by Crippen LogP contribution is -2.48. The van der Waals surface area contributed by atoms with Crippen LogP contribution in [0.5, 0.6) is 0 Å². The summed E-state index contributed by atoms with van der Waals surface area (Å²) >= 11 is 0. The number of halogens is 3. The first-order valence-corrected chi connectivity index (χ1v) is 12.5. The number of hydrogen-bond donors (Lipinski definition) is 1. The number of amides is 2. The normalized spacial score (nSPS) is 18.2. The van der Waals surface area contributed by atoms with Crippen molar-refractivity contribution in [2.75, 3.05) is 41.1 Å². The van der Waals surface area contributed by atoms with Crippen LogP contribution in [0.3, 0.4) is 0 Å². The summed E-state index contributed by atoms with van der Waals surface area (Å²) in [4.78, 5) is 37.6. The molecule has 0 aliphatic carbocycles. The Hall–Kier alpha value is -3.26. The number of anilines is 3. The first kappa shape index (κ1) is 24.9. The van der Waals surface area contributed by atoms with Crippen LogP contribution in [0.2, 0.25) is 0 Å². The number of carbonyl (C=O) groups excluding carboxylic acids is 2. The Bertz CT molecular complexity index is 1230. The van der Waals surface area contributed by atoms with Gasteiger partial charge in [0.05, 0.1) is 30.5 Å². The third-order valence-electron chi connectivity index (χ3n) is 5.73. The number of nitrogens with zero attached hydrogens (tertiary/aromatic N) is 4. The molecule has 2 aromatic rings. The molecule has 35 heavy (non-hydrogen) atoms. The van der Waals surface area contributed by atoms with Gasteiger partial charge in [0.2, 0.25) is 0 Å². The average molecular weight is 513 g/mol. The van der Waals surface area contributed by atoms with Gasteiger partial charge >= 0.3 is 12.2 Å². The van der Waals surface area contributed by atoms with Gasteiger partial charge in [-0.2, -0.15) is 21.6 Å². The second-order valence-electron chi connectivity index (χ2n) is 8.30. The quantitative estimate of drug-likeness (QED) is 0.443.